The molecule has 1 unspecified atom stereocenters. The van der Waals surface area contributed by atoms with Gasteiger partial charge in [-0.3, -0.25) is 0 Å². The zero-order valence-corrected chi connectivity index (χ0v) is 16.0. The molecule has 2 aromatic carbocycles. The van der Waals surface area contributed by atoms with Gasteiger partial charge in [-0.25, -0.2) is 0 Å². The quantitative estimate of drug-likeness (QED) is 0.716. The lowest BCUT2D eigenvalue weighted by Crippen LogP contribution is -2.31. The minimum Gasteiger partial charge on any atom is -0.494 e. The second kappa shape index (κ2) is 8.95. The van der Waals surface area contributed by atoms with E-state index in [0.717, 1.165) is 56.1 Å². The maximum atomic E-state index is 5.76. The molecule has 0 fully saturated rings. The summed E-state index contributed by atoms with van der Waals surface area (Å²) < 4.78 is 16.7. The number of unbranched alkanes of at least 4 members (excludes halogenated alkanes) is 1. The lowest BCUT2D eigenvalue weighted by atomic mass is 9.90. The van der Waals surface area contributed by atoms with E-state index in [9.17, 15) is 0 Å². The van der Waals surface area contributed by atoms with Gasteiger partial charge in [0.15, 0.2) is 11.5 Å². The lowest BCUT2D eigenvalue weighted by molar-refractivity contribution is 0.309. The van der Waals surface area contributed by atoms with Crippen LogP contribution < -0.4 is 19.5 Å². The SMILES string of the molecule is CCCCOc1ccc(CC2NCCc3cc(OC)c(OC)cc32)cc1. The molecule has 2 aromatic rings. The highest BCUT2D eigenvalue weighted by molar-refractivity contribution is 5.49. The Labute approximate surface area is 156 Å². The minimum atomic E-state index is 0.283. The normalized spacial score (nSPS) is 16.0. The fourth-order valence-electron chi connectivity index (χ4n) is 3.44. The van der Waals surface area contributed by atoms with Crippen molar-refractivity contribution in [3.63, 3.8) is 0 Å². The van der Waals surface area contributed by atoms with Crippen LogP contribution in [-0.2, 0) is 12.8 Å². The van der Waals surface area contributed by atoms with Crippen molar-refractivity contribution >= 4 is 0 Å². The Kier molecular flexibility index (Phi) is 6.40. The molecule has 4 heteroatoms. The molecule has 0 aliphatic carbocycles. The van der Waals surface area contributed by atoms with Gasteiger partial charge in [0.25, 0.3) is 0 Å². The Morgan fingerprint density at radius 3 is 2.46 bits per heavy atom. The van der Waals surface area contributed by atoms with Crippen molar-refractivity contribution in [1.29, 1.82) is 0 Å². The minimum absolute atomic E-state index is 0.283. The summed E-state index contributed by atoms with van der Waals surface area (Å²) in [6.45, 7) is 3.94. The maximum Gasteiger partial charge on any atom is 0.161 e. The van der Waals surface area contributed by atoms with Crippen molar-refractivity contribution in [1.82, 2.24) is 5.32 Å². The summed E-state index contributed by atoms with van der Waals surface area (Å²) in [4.78, 5) is 0. The molecular weight excluding hydrogens is 326 g/mol. The van der Waals surface area contributed by atoms with E-state index in [-0.39, 0.29) is 6.04 Å². The first-order valence-corrected chi connectivity index (χ1v) is 9.45. The third-order valence-corrected chi connectivity index (χ3v) is 4.94. The Hall–Kier alpha value is -2.20. The van der Waals surface area contributed by atoms with Gasteiger partial charge in [0.1, 0.15) is 5.75 Å². The van der Waals surface area contributed by atoms with Gasteiger partial charge in [0, 0.05) is 6.04 Å². The van der Waals surface area contributed by atoms with Gasteiger partial charge in [-0.1, -0.05) is 25.5 Å². The van der Waals surface area contributed by atoms with Gasteiger partial charge in [-0.15, -0.1) is 0 Å². The molecule has 26 heavy (non-hydrogen) atoms. The van der Waals surface area contributed by atoms with Gasteiger partial charge in [-0.2, -0.15) is 0 Å². The molecule has 0 saturated heterocycles. The molecule has 4 nitrogen and oxygen atoms in total. The lowest BCUT2D eigenvalue weighted by Gasteiger charge is -2.28. The van der Waals surface area contributed by atoms with Crippen LogP contribution in [0.2, 0.25) is 0 Å². The first-order valence-electron chi connectivity index (χ1n) is 9.45. The second-order valence-corrected chi connectivity index (χ2v) is 6.71. The third-order valence-electron chi connectivity index (χ3n) is 4.94. The molecule has 1 heterocycles. The Balaban J connectivity index is 1.73. The molecule has 140 valence electrons. The zero-order chi connectivity index (χ0) is 18.4. The van der Waals surface area contributed by atoms with Crippen molar-refractivity contribution in [3.05, 3.63) is 53.1 Å². The highest BCUT2D eigenvalue weighted by Gasteiger charge is 2.22. The fourth-order valence-corrected chi connectivity index (χ4v) is 3.44. The van der Waals surface area contributed by atoms with Crippen LogP contribution in [0.15, 0.2) is 36.4 Å². The molecule has 1 aliphatic rings. The summed E-state index contributed by atoms with van der Waals surface area (Å²) >= 11 is 0. The van der Waals surface area contributed by atoms with Gasteiger partial charge in [-0.05, 0) is 66.8 Å². The summed E-state index contributed by atoms with van der Waals surface area (Å²) in [5.74, 6) is 2.55. The van der Waals surface area contributed by atoms with E-state index < -0.39 is 0 Å². The van der Waals surface area contributed by atoms with E-state index in [1.807, 2.05) is 0 Å². The number of nitrogens with one attached hydrogen (secondary N) is 1. The molecule has 0 aromatic heterocycles. The number of fused-ring (bicyclic) bond motifs is 1. The van der Waals surface area contributed by atoms with Crippen LogP contribution in [0.4, 0.5) is 0 Å². The fraction of sp³-hybridized carbons (Fsp3) is 0.455. The van der Waals surface area contributed by atoms with Crippen LogP contribution >= 0.6 is 0 Å². The molecule has 0 amide bonds. The summed E-state index contributed by atoms with van der Waals surface area (Å²) in [5, 5.41) is 3.64. The number of hydrogen-bond acceptors (Lipinski definition) is 4. The zero-order valence-electron chi connectivity index (χ0n) is 16.0. The van der Waals surface area contributed by atoms with Crippen LogP contribution in [-0.4, -0.2) is 27.4 Å². The molecular formula is C22H29NO3. The highest BCUT2D eigenvalue weighted by Crippen LogP contribution is 2.36. The van der Waals surface area contributed by atoms with Crippen molar-refractivity contribution in [3.8, 4) is 17.2 Å². The molecule has 1 N–H and O–H groups in total. The number of rotatable bonds is 8. The second-order valence-electron chi connectivity index (χ2n) is 6.71. The Morgan fingerprint density at radius 2 is 1.77 bits per heavy atom. The van der Waals surface area contributed by atoms with E-state index in [0.29, 0.717) is 0 Å². The topological polar surface area (TPSA) is 39.7 Å². The molecule has 0 spiro atoms. The first kappa shape index (κ1) is 18.6. The average molecular weight is 355 g/mol. The smallest absolute Gasteiger partial charge is 0.161 e. The van der Waals surface area contributed by atoms with Crippen LogP contribution in [0.5, 0.6) is 17.2 Å². The van der Waals surface area contributed by atoms with E-state index in [1.54, 1.807) is 14.2 Å². The molecule has 1 atom stereocenters. The molecule has 0 radical (unpaired) electrons. The van der Waals surface area contributed by atoms with E-state index in [1.165, 1.54) is 16.7 Å². The standard InChI is InChI=1S/C22H29NO3/c1-4-5-12-26-18-8-6-16(7-9-18)13-20-19-15-22(25-3)21(24-2)14-17(19)10-11-23-20/h6-9,14-15,20,23H,4-5,10-13H2,1-3H3. The predicted octanol–water partition coefficient (Wildman–Crippen LogP) is 4.31. The van der Waals surface area contributed by atoms with E-state index in [4.69, 9.17) is 14.2 Å². The summed E-state index contributed by atoms with van der Waals surface area (Å²) in [5.41, 5.74) is 3.94. The number of hydrogen-bond donors (Lipinski definition) is 1. The monoisotopic (exact) mass is 355 g/mol. The number of methoxy groups -OCH3 is 2. The third kappa shape index (κ3) is 4.31. The van der Waals surface area contributed by atoms with Crippen molar-refractivity contribution in [2.45, 2.75) is 38.6 Å². The van der Waals surface area contributed by atoms with E-state index in [2.05, 4.69) is 48.6 Å². The van der Waals surface area contributed by atoms with Crippen LogP contribution in [0.3, 0.4) is 0 Å². The average Bonchev–Trinajstić information content (AvgIpc) is 2.68. The molecule has 0 saturated carbocycles. The van der Waals surface area contributed by atoms with Crippen molar-refractivity contribution < 1.29 is 14.2 Å². The highest BCUT2D eigenvalue weighted by atomic mass is 16.5. The maximum absolute atomic E-state index is 5.76. The Bertz CT molecular complexity index is 712. The molecule has 3 rings (SSSR count). The van der Waals surface area contributed by atoms with Gasteiger partial charge in [0.2, 0.25) is 0 Å². The van der Waals surface area contributed by atoms with E-state index >= 15 is 0 Å². The van der Waals surface area contributed by atoms with Crippen molar-refractivity contribution in [2.24, 2.45) is 0 Å². The van der Waals surface area contributed by atoms with Gasteiger partial charge in [0.05, 0.1) is 20.8 Å². The van der Waals surface area contributed by atoms with Gasteiger partial charge >= 0.3 is 0 Å². The predicted molar refractivity (Wildman–Crippen MR) is 105 cm³/mol. The molecule has 1 aliphatic heterocycles. The molecule has 0 bridgehead atoms. The summed E-state index contributed by atoms with van der Waals surface area (Å²) in [6.07, 6.45) is 4.20. The largest absolute Gasteiger partial charge is 0.494 e. The van der Waals surface area contributed by atoms with Crippen LogP contribution in [0.1, 0.15) is 42.5 Å². The number of ether oxygens (including phenoxy) is 3. The summed E-state index contributed by atoms with van der Waals surface area (Å²) in [6, 6.07) is 13.0. The van der Waals surface area contributed by atoms with Crippen LogP contribution in [0, 0.1) is 0 Å². The summed E-state index contributed by atoms with van der Waals surface area (Å²) in [7, 11) is 3.37. The Morgan fingerprint density at radius 1 is 1.04 bits per heavy atom. The number of benzene rings is 2. The van der Waals surface area contributed by atoms with Gasteiger partial charge < -0.3 is 19.5 Å². The van der Waals surface area contributed by atoms with Crippen molar-refractivity contribution in [2.75, 3.05) is 27.4 Å². The first-order chi connectivity index (χ1) is 12.7. The van der Waals surface area contributed by atoms with Crippen LogP contribution in [0.25, 0.3) is 0 Å².